The van der Waals surface area contributed by atoms with Crippen LogP contribution in [0.4, 0.5) is 4.39 Å². The van der Waals surface area contributed by atoms with E-state index in [0.717, 1.165) is 0 Å². The molecule has 8 nitrogen and oxygen atoms in total. The third-order valence-electron chi connectivity index (χ3n) is 4.59. The fourth-order valence-corrected chi connectivity index (χ4v) is 3.19. The summed E-state index contributed by atoms with van der Waals surface area (Å²) in [6, 6.07) is 2.54. The second kappa shape index (κ2) is 7.42. The first-order chi connectivity index (χ1) is 12.4. The minimum atomic E-state index is -1.38. The molecule has 0 saturated carbocycles. The molecule has 26 heavy (non-hydrogen) atoms. The lowest BCUT2D eigenvalue weighted by atomic mass is 9.78. The molecule has 138 valence electrons. The molecule has 1 saturated heterocycles. The van der Waals surface area contributed by atoms with E-state index in [1.807, 2.05) is 0 Å². The number of fused-ring (bicyclic) bond motifs is 1. The zero-order chi connectivity index (χ0) is 18.8. The molecule has 3 rings (SSSR count). The van der Waals surface area contributed by atoms with Gasteiger partial charge in [-0.1, -0.05) is 6.07 Å². The molecule has 2 aliphatic rings. The summed E-state index contributed by atoms with van der Waals surface area (Å²) in [6.45, 7) is 0.746. The smallest absolute Gasteiger partial charge is 0.481 e. The normalized spacial score (nSPS) is 18.8. The van der Waals surface area contributed by atoms with Gasteiger partial charge in [0, 0.05) is 31.0 Å². The number of aliphatic carboxylic acids is 1. The Balaban J connectivity index is 1.61. The number of carbonyl (C=O) groups is 3. The van der Waals surface area contributed by atoms with Crippen LogP contribution >= 0.6 is 0 Å². The third kappa shape index (κ3) is 3.70. The van der Waals surface area contributed by atoms with Gasteiger partial charge in [0.15, 0.2) is 0 Å². The Hall–Kier alpha value is -2.46. The number of hydrogen-bond acceptors (Lipinski definition) is 5. The van der Waals surface area contributed by atoms with Crippen molar-refractivity contribution in [3.63, 3.8) is 0 Å². The summed E-state index contributed by atoms with van der Waals surface area (Å²) in [7, 11) is -1.38. The highest BCUT2D eigenvalue weighted by Gasteiger charge is 2.34. The second-order valence-corrected chi connectivity index (χ2v) is 6.36. The molecule has 1 aromatic rings. The molecular weight excluding hydrogens is 346 g/mol. The maximum atomic E-state index is 14.5. The Morgan fingerprint density at radius 3 is 2.85 bits per heavy atom. The summed E-state index contributed by atoms with van der Waals surface area (Å²) >= 11 is 0. The second-order valence-electron chi connectivity index (χ2n) is 6.36. The topological polar surface area (TPSA) is 116 Å². The predicted molar refractivity (Wildman–Crippen MR) is 88.1 cm³/mol. The number of carbonyl (C=O) groups excluding carboxylic acids is 2. The van der Waals surface area contributed by atoms with Gasteiger partial charge in [-0.05, 0) is 18.1 Å². The van der Waals surface area contributed by atoms with Crippen LogP contribution in [0.1, 0.15) is 35.2 Å². The van der Waals surface area contributed by atoms with Gasteiger partial charge in [-0.15, -0.1) is 0 Å². The number of hydrogen-bond donors (Lipinski definition) is 3. The van der Waals surface area contributed by atoms with E-state index in [1.165, 1.54) is 11.0 Å². The summed E-state index contributed by atoms with van der Waals surface area (Å²) in [5.74, 6) is -2.76. The number of carboxylic acid groups (broad SMARTS) is 1. The van der Waals surface area contributed by atoms with Crippen LogP contribution in [-0.4, -0.2) is 59.1 Å². The number of carboxylic acids is 1. The van der Waals surface area contributed by atoms with E-state index in [2.05, 4.69) is 5.32 Å². The number of likely N-dealkylation sites (tertiary alicyclic amines) is 1. The minimum absolute atomic E-state index is 0.0189. The Bertz CT molecular complexity index is 759. The molecule has 3 N–H and O–H groups in total. The van der Waals surface area contributed by atoms with Crippen molar-refractivity contribution in [1.82, 2.24) is 10.2 Å². The SMILES string of the molecule is O=C(O)CCC(=O)N1CC[C@H](NC(=O)c2ccc3c(c2F)B(O)OC3)C1. The lowest BCUT2D eigenvalue weighted by Crippen LogP contribution is -2.40. The van der Waals surface area contributed by atoms with Gasteiger partial charge in [-0.2, -0.15) is 0 Å². The predicted octanol–water partition coefficient (Wildman–Crippen LogP) is -0.761. The Kier molecular flexibility index (Phi) is 5.24. The molecule has 0 radical (unpaired) electrons. The molecule has 2 heterocycles. The van der Waals surface area contributed by atoms with E-state index in [9.17, 15) is 23.8 Å². The van der Waals surface area contributed by atoms with Crippen LogP contribution in [0.25, 0.3) is 0 Å². The van der Waals surface area contributed by atoms with Crippen LogP contribution < -0.4 is 10.8 Å². The van der Waals surface area contributed by atoms with Crippen molar-refractivity contribution in [2.24, 2.45) is 0 Å². The summed E-state index contributed by atoms with van der Waals surface area (Å²) in [6.07, 6.45) is 0.174. The van der Waals surface area contributed by atoms with Crippen LogP contribution in [0.2, 0.25) is 0 Å². The van der Waals surface area contributed by atoms with Crippen LogP contribution in [0, 0.1) is 5.82 Å². The zero-order valence-corrected chi connectivity index (χ0v) is 13.9. The first-order valence-electron chi connectivity index (χ1n) is 8.28. The molecule has 0 spiro atoms. The Labute approximate surface area is 149 Å². The van der Waals surface area contributed by atoms with Crippen molar-refractivity contribution in [2.75, 3.05) is 13.1 Å². The van der Waals surface area contributed by atoms with Crippen LogP contribution in [0.3, 0.4) is 0 Å². The molecule has 0 bridgehead atoms. The number of rotatable bonds is 5. The largest absolute Gasteiger partial charge is 0.494 e. The molecule has 1 aromatic carbocycles. The first kappa shape index (κ1) is 18.3. The number of halogens is 1. The van der Waals surface area contributed by atoms with E-state index >= 15 is 0 Å². The standard InChI is InChI=1S/C16H18BFN2O6/c18-15-11(2-1-9-8-26-17(25)14(9)15)16(24)19-10-5-6-20(7-10)12(21)3-4-13(22)23/h1-2,10,25H,3-8H2,(H,19,24)(H,22,23)/t10-/m0/s1. The number of nitrogens with one attached hydrogen (secondary N) is 1. The molecule has 1 atom stereocenters. The lowest BCUT2D eigenvalue weighted by Gasteiger charge is -2.17. The maximum absolute atomic E-state index is 14.5. The average molecular weight is 364 g/mol. The lowest BCUT2D eigenvalue weighted by molar-refractivity contribution is -0.140. The quantitative estimate of drug-likeness (QED) is 0.592. The fraction of sp³-hybridized carbons (Fsp3) is 0.438. The Morgan fingerprint density at radius 1 is 1.35 bits per heavy atom. The number of amides is 2. The molecule has 2 amide bonds. The van der Waals surface area contributed by atoms with Crippen LogP contribution in [-0.2, 0) is 20.9 Å². The van der Waals surface area contributed by atoms with Gasteiger partial charge >= 0.3 is 13.1 Å². The van der Waals surface area contributed by atoms with E-state index in [4.69, 9.17) is 9.76 Å². The van der Waals surface area contributed by atoms with E-state index in [1.54, 1.807) is 6.07 Å². The highest BCUT2D eigenvalue weighted by Crippen LogP contribution is 2.17. The fourth-order valence-electron chi connectivity index (χ4n) is 3.19. The van der Waals surface area contributed by atoms with Crippen LogP contribution in [0.5, 0.6) is 0 Å². The maximum Gasteiger partial charge on any atom is 0.494 e. The van der Waals surface area contributed by atoms with Gasteiger partial charge in [0.05, 0.1) is 18.6 Å². The molecular formula is C16H18BFN2O6. The molecule has 0 unspecified atom stereocenters. The van der Waals surface area contributed by atoms with Gasteiger partial charge in [0.25, 0.3) is 5.91 Å². The summed E-state index contributed by atoms with van der Waals surface area (Å²) in [5, 5.41) is 21.0. The number of benzene rings is 1. The van der Waals surface area contributed by atoms with Gasteiger partial charge in [0.1, 0.15) is 5.82 Å². The highest BCUT2D eigenvalue weighted by atomic mass is 19.1. The summed E-state index contributed by atoms with van der Waals surface area (Å²) in [4.78, 5) is 36.3. The van der Waals surface area contributed by atoms with Crippen molar-refractivity contribution in [3.05, 3.63) is 29.1 Å². The summed E-state index contributed by atoms with van der Waals surface area (Å²) < 4.78 is 19.5. The van der Waals surface area contributed by atoms with E-state index in [-0.39, 0.29) is 49.0 Å². The van der Waals surface area contributed by atoms with Crippen molar-refractivity contribution in [2.45, 2.75) is 31.9 Å². The monoisotopic (exact) mass is 364 g/mol. The van der Waals surface area contributed by atoms with E-state index < -0.39 is 24.8 Å². The molecule has 2 aliphatic heterocycles. The van der Waals surface area contributed by atoms with Gasteiger partial charge < -0.3 is 25.0 Å². The Morgan fingerprint density at radius 2 is 2.12 bits per heavy atom. The third-order valence-corrected chi connectivity index (χ3v) is 4.59. The zero-order valence-electron chi connectivity index (χ0n) is 13.9. The van der Waals surface area contributed by atoms with Gasteiger partial charge in [-0.25, -0.2) is 4.39 Å². The van der Waals surface area contributed by atoms with Crippen molar-refractivity contribution in [1.29, 1.82) is 0 Å². The van der Waals surface area contributed by atoms with Crippen molar-refractivity contribution >= 4 is 30.4 Å². The minimum Gasteiger partial charge on any atom is -0.481 e. The molecule has 0 aromatic heterocycles. The summed E-state index contributed by atoms with van der Waals surface area (Å²) in [5.41, 5.74) is 0.293. The van der Waals surface area contributed by atoms with E-state index in [0.29, 0.717) is 18.5 Å². The number of nitrogens with zero attached hydrogens (tertiary/aromatic N) is 1. The highest BCUT2D eigenvalue weighted by molar-refractivity contribution is 6.61. The molecule has 1 fully saturated rings. The molecule has 0 aliphatic carbocycles. The van der Waals surface area contributed by atoms with Crippen molar-refractivity contribution < 1.29 is 33.6 Å². The van der Waals surface area contributed by atoms with Crippen molar-refractivity contribution in [3.8, 4) is 0 Å². The average Bonchev–Trinajstić information content (AvgIpc) is 3.20. The van der Waals surface area contributed by atoms with Gasteiger partial charge in [-0.3, -0.25) is 14.4 Å². The first-order valence-corrected chi connectivity index (χ1v) is 8.28. The molecule has 10 heteroatoms. The van der Waals surface area contributed by atoms with Gasteiger partial charge in [0.2, 0.25) is 5.91 Å². The van der Waals surface area contributed by atoms with Crippen LogP contribution in [0.15, 0.2) is 12.1 Å².